The van der Waals surface area contributed by atoms with Gasteiger partial charge in [-0.2, -0.15) is 0 Å². The standard InChI is InChI=1S/C21H25N5OS/c1-3-21(2)13-26(10-11-27-21)19-17-14-6-4-5-7-16(14)28-20(17)25-18(24-19)15-12-22-8-9-23-15/h8-9,12H,3-7,10-11,13H2,1-2H3. The summed E-state index contributed by atoms with van der Waals surface area (Å²) in [6, 6.07) is 0. The quantitative estimate of drug-likeness (QED) is 0.667. The number of hydrogen-bond acceptors (Lipinski definition) is 7. The Morgan fingerprint density at radius 3 is 2.93 bits per heavy atom. The molecule has 1 atom stereocenters. The van der Waals surface area contributed by atoms with E-state index < -0.39 is 0 Å². The van der Waals surface area contributed by atoms with Crippen LogP contribution in [0.25, 0.3) is 21.7 Å². The van der Waals surface area contributed by atoms with Crippen LogP contribution in [-0.2, 0) is 17.6 Å². The minimum Gasteiger partial charge on any atom is -0.372 e. The number of nitrogens with zero attached hydrogens (tertiary/aromatic N) is 5. The number of rotatable bonds is 3. The molecule has 0 saturated carbocycles. The lowest BCUT2D eigenvalue weighted by molar-refractivity contribution is -0.0442. The van der Waals surface area contributed by atoms with E-state index in [1.807, 2.05) is 11.3 Å². The van der Waals surface area contributed by atoms with E-state index >= 15 is 0 Å². The lowest BCUT2D eigenvalue weighted by atomic mass is 9.96. The van der Waals surface area contributed by atoms with E-state index in [0.29, 0.717) is 5.82 Å². The summed E-state index contributed by atoms with van der Waals surface area (Å²) in [6.07, 6.45) is 10.9. The third kappa shape index (κ3) is 3.06. The molecule has 0 spiro atoms. The fraction of sp³-hybridized carbons (Fsp3) is 0.524. The monoisotopic (exact) mass is 395 g/mol. The highest BCUT2D eigenvalue weighted by Crippen LogP contribution is 2.41. The van der Waals surface area contributed by atoms with Crippen LogP contribution in [0.15, 0.2) is 18.6 Å². The van der Waals surface area contributed by atoms with Gasteiger partial charge in [-0.05, 0) is 44.6 Å². The SMILES string of the molecule is CCC1(C)CN(c2nc(-c3cnccn3)nc3sc4c(c23)CCCC4)CCO1. The lowest BCUT2D eigenvalue weighted by Gasteiger charge is -2.41. The van der Waals surface area contributed by atoms with E-state index in [2.05, 4.69) is 28.7 Å². The normalized spacial score (nSPS) is 22.4. The van der Waals surface area contributed by atoms with Crippen LogP contribution in [0.1, 0.15) is 43.6 Å². The van der Waals surface area contributed by atoms with E-state index in [-0.39, 0.29) is 5.60 Å². The van der Waals surface area contributed by atoms with E-state index in [0.717, 1.165) is 55.3 Å². The lowest BCUT2D eigenvalue weighted by Crippen LogP contribution is -2.50. The molecule has 1 aliphatic carbocycles. The molecule has 1 aliphatic heterocycles. The largest absolute Gasteiger partial charge is 0.372 e. The van der Waals surface area contributed by atoms with Crippen molar-refractivity contribution in [3.63, 3.8) is 0 Å². The highest BCUT2D eigenvalue weighted by atomic mass is 32.1. The summed E-state index contributed by atoms with van der Waals surface area (Å²) in [4.78, 5) is 23.6. The molecule has 28 heavy (non-hydrogen) atoms. The Labute approximate surface area is 169 Å². The van der Waals surface area contributed by atoms with E-state index in [4.69, 9.17) is 14.7 Å². The van der Waals surface area contributed by atoms with Crippen LogP contribution in [0.3, 0.4) is 0 Å². The first kappa shape index (κ1) is 17.9. The number of morpholine rings is 1. The fourth-order valence-corrected chi connectivity index (χ4v) is 5.48. The van der Waals surface area contributed by atoms with Gasteiger partial charge in [-0.1, -0.05) is 6.92 Å². The van der Waals surface area contributed by atoms with Gasteiger partial charge in [-0.15, -0.1) is 11.3 Å². The number of thiophene rings is 1. The molecule has 2 aliphatic rings. The van der Waals surface area contributed by atoms with Gasteiger partial charge in [0.25, 0.3) is 0 Å². The topological polar surface area (TPSA) is 64.0 Å². The molecule has 0 aromatic carbocycles. The van der Waals surface area contributed by atoms with Crippen molar-refractivity contribution in [2.45, 2.75) is 51.6 Å². The molecule has 5 rings (SSSR count). The molecule has 3 aromatic rings. The van der Waals surface area contributed by atoms with E-state index in [9.17, 15) is 0 Å². The minimum absolute atomic E-state index is 0.141. The summed E-state index contributed by atoms with van der Waals surface area (Å²) < 4.78 is 6.08. The summed E-state index contributed by atoms with van der Waals surface area (Å²) in [6.45, 7) is 6.82. The molecule has 146 valence electrons. The zero-order valence-corrected chi connectivity index (χ0v) is 17.3. The van der Waals surface area contributed by atoms with Gasteiger partial charge in [0, 0.05) is 30.4 Å². The maximum Gasteiger partial charge on any atom is 0.183 e. The number of aromatic nitrogens is 4. The first-order valence-corrected chi connectivity index (χ1v) is 11.0. The Bertz CT molecular complexity index is 1000. The Morgan fingerprint density at radius 1 is 1.21 bits per heavy atom. The van der Waals surface area contributed by atoms with Crippen LogP contribution in [0, 0.1) is 0 Å². The fourth-order valence-electron chi connectivity index (χ4n) is 4.22. The van der Waals surface area contributed by atoms with Gasteiger partial charge in [-0.3, -0.25) is 4.98 Å². The molecule has 1 saturated heterocycles. The highest BCUT2D eigenvalue weighted by Gasteiger charge is 2.33. The molecule has 1 unspecified atom stereocenters. The number of ether oxygens (including phenoxy) is 1. The third-order valence-electron chi connectivity index (χ3n) is 5.97. The van der Waals surface area contributed by atoms with Crippen molar-refractivity contribution in [2.24, 2.45) is 0 Å². The maximum absolute atomic E-state index is 6.08. The Kier molecular flexibility index (Phi) is 4.51. The zero-order valence-electron chi connectivity index (χ0n) is 16.4. The van der Waals surface area contributed by atoms with Crippen LogP contribution >= 0.6 is 11.3 Å². The van der Waals surface area contributed by atoms with Gasteiger partial charge in [0.1, 0.15) is 16.3 Å². The number of hydrogen-bond donors (Lipinski definition) is 0. The number of anilines is 1. The molecule has 4 heterocycles. The van der Waals surface area contributed by atoms with Crippen LogP contribution in [0.4, 0.5) is 5.82 Å². The summed E-state index contributed by atoms with van der Waals surface area (Å²) in [5, 5.41) is 1.26. The molecule has 7 heteroatoms. The van der Waals surface area contributed by atoms with Crippen molar-refractivity contribution in [3.05, 3.63) is 29.0 Å². The molecule has 0 N–H and O–H groups in total. The summed E-state index contributed by atoms with van der Waals surface area (Å²) in [7, 11) is 0. The van der Waals surface area contributed by atoms with Crippen molar-refractivity contribution >= 4 is 27.4 Å². The predicted octanol–water partition coefficient (Wildman–Crippen LogP) is 4.03. The molecular weight excluding hydrogens is 370 g/mol. The Balaban J connectivity index is 1.70. The number of aryl methyl sites for hydroxylation is 2. The predicted molar refractivity (Wildman–Crippen MR) is 112 cm³/mol. The van der Waals surface area contributed by atoms with Crippen LogP contribution in [-0.4, -0.2) is 45.2 Å². The van der Waals surface area contributed by atoms with Gasteiger partial charge >= 0.3 is 0 Å². The van der Waals surface area contributed by atoms with E-state index in [1.54, 1.807) is 18.6 Å². The average Bonchev–Trinajstić information content (AvgIpc) is 3.12. The minimum atomic E-state index is -0.141. The summed E-state index contributed by atoms with van der Waals surface area (Å²) in [5.41, 5.74) is 2.05. The van der Waals surface area contributed by atoms with Gasteiger partial charge in [0.05, 0.1) is 23.8 Å². The van der Waals surface area contributed by atoms with Gasteiger partial charge in [0.2, 0.25) is 0 Å². The average molecular weight is 396 g/mol. The van der Waals surface area contributed by atoms with Crippen molar-refractivity contribution in [1.82, 2.24) is 19.9 Å². The smallest absolute Gasteiger partial charge is 0.183 e. The van der Waals surface area contributed by atoms with Gasteiger partial charge < -0.3 is 9.64 Å². The van der Waals surface area contributed by atoms with Crippen LogP contribution < -0.4 is 4.90 Å². The Morgan fingerprint density at radius 2 is 2.11 bits per heavy atom. The number of fused-ring (bicyclic) bond motifs is 3. The molecular formula is C21H25N5OS. The van der Waals surface area contributed by atoms with Crippen molar-refractivity contribution < 1.29 is 4.74 Å². The third-order valence-corrected chi connectivity index (χ3v) is 7.16. The second kappa shape index (κ2) is 7.04. The highest BCUT2D eigenvalue weighted by molar-refractivity contribution is 7.19. The molecule has 1 fully saturated rings. The van der Waals surface area contributed by atoms with Crippen LogP contribution in [0.5, 0.6) is 0 Å². The van der Waals surface area contributed by atoms with Crippen LogP contribution in [0.2, 0.25) is 0 Å². The Hall–Kier alpha value is -2.12. The summed E-state index contributed by atoms with van der Waals surface area (Å²) >= 11 is 1.84. The van der Waals surface area contributed by atoms with Crippen molar-refractivity contribution in [3.8, 4) is 11.5 Å². The zero-order chi connectivity index (χ0) is 19.1. The van der Waals surface area contributed by atoms with Crippen molar-refractivity contribution in [2.75, 3.05) is 24.6 Å². The second-order valence-electron chi connectivity index (χ2n) is 7.93. The second-order valence-corrected chi connectivity index (χ2v) is 9.01. The molecule has 0 radical (unpaired) electrons. The molecule has 0 amide bonds. The first-order chi connectivity index (χ1) is 13.7. The van der Waals surface area contributed by atoms with E-state index in [1.165, 1.54) is 28.7 Å². The molecule has 0 bridgehead atoms. The molecule has 6 nitrogen and oxygen atoms in total. The van der Waals surface area contributed by atoms with Gasteiger partial charge in [-0.25, -0.2) is 15.0 Å². The van der Waals surface area contributed by atoms with Crippen molar-refractivity contribution in [1.29, 1.82) is 0 Å². The van der Waals surface area contributed by atoms with Gasteiger partial charge in [0.15, 0.2) is 5.82 Å². The first-order valence-electron chi connectivity index (χ1n) is 10.1. The molecule has 3 aromatic heterocycles. The maximum atomic E-state index is 6.08. The summed E-state index contributed by atoms with van der Waals surface area (Å²) in [5.74, 6) is 1.71.